The summed E-state index contributed by atoms with van der Waals surface area (Å²) >= 11 is 0. The maximum Gasteiger partial charge on any atom is 0.308 e. The maximum atomic E-state index is 11.5. The van der Waals surface area contributed by atoms with Gasteiger partial charge in [-0.1, -0.05) is 19.3 Å². The van der Waals surface area contributed by atoms with E-state index in [0.717, 1.165) is 12.8 Å². The smallest absolute Gasteiger partial charge is 0.308 e. The van der Waals surface area contributed by atoms with E-state index in [9.17, 15) is 4.79 Å². The normalized spacial score (nSPS) is 17.2. The fourth-order valence-corrected chi connectivity index (χ4v) is 2.16. The second-order valence-corrected chi connectivity index (χ2v) is 6.08. The Morgan fingerprint density at radius 2 is 1.90 bits per heavy atom. The van der Waals surface area contributed by atoms with Gasteiger partial charge in [-0.25, -0.2) is 0 Å². The lowest BCUT2D eigenvalue weighted by molar-refractivity contribution is -0.154. The number of esters is 1. The minimum atomic E-state index is -0.438. The Labute approximate surface area is 139 Å². The molecule has 1 fully saturated rings. The molecule has 0 bridgehead atoms. The van der Waals surface area contributed by atoms with Gasteiger partial charge >= 0.3 is 5.97 Å². The van der Waals surface area contributed by atoms with Gasteiger partial charge in [0.15, 0.2) is 5.96 Å². The van der Waals surface area contributed by atoms with Crippen LogP contribution < -0.4 is 11.1 Å². The number of nitrogens with two attached hydrogens (primary N) is 1. The second kappa shape index (κ2) is 9.41. The standard InChI is InChI=1S/C14H27N3O2.HI/c1-14(2,3)19-12(18)9-10-16-13(15)17-11-7-5-4-6-8-11;/h11H,4-10H2,1-3H3,(H3,15,16,17);1H. The summed E-state index contributed by atoms with van der Waals surface area (Å²) in [4.78, 5) is 15.6. The van der Waals surface area contributed by atoms with Crippen LogP contribution in [-0.2, 0) is 9.53 Å². The van der Waals surface area contributed by atoms with Crippen molar-refractivity contribution in [2.45, 2.75) is 70.9 Å². The number of ether oxygens (including phenoxy) is 1. The summed E-state index contributed by atoms with van der Waals surface area (Å²) in [6, 6.07) is 0.444. The molecule has 1 saturated carbocycles. The van der Waals surface area contributed by atoms with Gasteiger partial charge in [-0.3, -0.25) is 9.79 Å². The molecule has 0 heterocycles. The largest absolute Gasteiger partial charge is 0.460 e. The Kier molecular flexibility index (Phi) is 9.16. The Morgan fingerprint density at radius 3 is 2.45 bits per heavy atom. The SMILES string of the molecule is CC(C)(C)OC(=O)CCN=C(N)NC1CCCCC1.I. The van der Waals surface area contributed by atoms with E-state index < -0.39 is 5.60 Å². The third kappa shape index (κ3) is 9.39. The molecule has 0 radical (unpaired) electrons. The molecule has 20 heavy (non-hydrogen) atoms. The van der Waals surface area contributed by atoms with Crippen LogP contribution in [0.2, 0.25) is 0 Å². The van der Waals surface area contributed by atoms with Crippen LogP contribution in [-0.4, -0.2) is 30.1 Å². The lowest BCUT2D eigenvalue weighted by Gasteiger charge is -2.23. The van der Waals surface area contributed by atoms with Gasteiger partial charge in [0.1, 0.15) is 5.60 Å². The van der Waals surface area contributed by atoms with E-state index in [1.807, 2.05) is 20.8 Å². The van der Waals surface area contributed by atoms with E-state index in [-0.39, 0.29) is 36.4 Å². The summed E-state index contributed by atoms with van der Waals surface area (Å²) in [7, 11) is 0. The molecule has 0 aromatic rings. The molecule has 0 atom stereocenters. The monoisotopic (exact) mass is 397 g/mol. The summed E-state index contributed by atoms with van der Waals surface area (Å²) in [6.07, 6.45) is 6.40. The van der Waals surface area contributed by atoms with Crippen LogP contribution in [0.1, 0.15) is 59.3 Å². The first kappa shape index (κ1) is 19.5. The molecular weight excluding hydrogens is 369 g/mol. The highest BCUT2D eigenvalue weighted by atomic mass is 127. The Balaban J connectivity index is 0.00000361. The van der Waals surface area contributed by atoms with Crippen molar-refractivity contribution < 1.29 is 9.53 Å². The van der Waals surface area contributed by atoms with Crippen molar-refractivity contribution in [1.29, 1.82) is 0 Å². The first-order valence-corrected chi connectivity index (χ1v) is 7.15. The van der Waals surface area contributed by atoms with Crippen LogP contribution in [0.4, 0.5) is 0 Å². The molecule has 0 spiro atoms. The quantitative estimate of drug-likeness (QED) is 0.331. The number of hydrogen-bond acceptors (Lipinski definition) is 3. The number of guanidine groups is 1. The van der Waals surface area contributed by atoms with Crippen LogP contribution in [0.3, 0.4) is 0 Å². The van der Waals surface area contributed by atoms with Crippen molar-refractivity contribution in [3.05, 3.63) is 0 Å². The molecule has 6 heteroatoms. The topological polar surface area (TPSA) is 76.7 Å². The zero-order chi connectivity index (χ0) is 14.3. The molecule has 1 aliphatic rings. The second-order valence-electron chi connectivity index (χ2n) is 6.08. The molecule has 0 unspecified atom stereocenters. The van der Waals surface area contributed by atoms with E-state index in [2.05, 4.69) is 10.3 Å². The van der Waals surface area contributed by atoms with Gasteiger partial charge in [-0.05, 0) is 33.6 Å². The van der Waals surface area contributed by atoms with Crippen LogP contribution in [0.15, 0.2) is 4.99 Å². The summed E-state index contributed by atoms with van der Waals surface area (Å²) < 4.78 is 5.20. The summed E-state index contributed by atoms with van der Waals surface area (Å²) in [5, 5.41) is 3.22. The molecular formula is C14H28IN3O2. The summed E-state index contributed by atoms with van der Waals surface area (Å²) in [6.45, 7) is 5.94. The molecule has 0 saturated heterocycles. The molecule has 0 aliphatic heterocycles. The first-order chi connectivity index (χ1) is 8.87. The van der Waals surface area contributed by atoms with Crippen LogP contribution >= 0.6 is 24.0 Å². The molecule has 1 rings (SSSR count). The van der Waals surface area contributed by atoms with Gasteiger partial charge in [0.2, 0.25) is 0 Å². The third-order valence-corrected chi connectivity index (χ3v) is 2.98. The number of hydrogen-bond donors (Lipinski definition) is 2. The Bertz CT molecular complexity index is 321. The zero-order valence-electron chi connectivity index (χ0n) is 12.8. The van der Waals surface area contributed by atoms with Crippen LogP contribution in [0.5, 0.6) is 0 Å². The number of aliphatic imine (C=N–C) groups is 1. The first-order valence-electron chi connectivity index (χ1n) is 7.15. The molecule has 118 valence electrons. The van der Waals surface area contributed by atoms with Gasteiger partial charge in [0.25, 0.3) is 0 Å². The third-order valence-electron chi connectivity index (χ3n) is 2.98. The molecule has 0 aromatic heterocycles. The minimum absolute atomic E-state index is 0. The highest BCUT2D eigenvalue weighted by Crippen LogP contribution is 2.17. The number of carbonyl (C=O) groups is 1. The van der Waals surface area contributed by atoms with Crippen molar-refractivity contribution in [3.63, 3.8) is 0 Å². The average Bonchev–Trinajstić information content (AvgIpc) is 2.27. The van der Waals surface area contributed by atoms with Gasteiger partial charge in [0, 0.05) is 6.04 Å². The van der Waals surface area contributed by atoms with Crippen LogP contribution in [0.25, 0.3) is 0 Å². The van der Waals surface area contributed by atoms with E-state index in [1.54, 1.807) is 0 Å². The van der Waals surface area contributed by atoms with Gasteiger partial charge in [0.05, 0.1) is 13.0 Å². The van der Waals surface area contributed by atoms with E-state index >= 15 is 0 Å². The highest BCUT2D eigenvalue weighted by molar-refractivity contribution is 14.0. The zero-order valence-corrected chi connectivity index (χ0v) is 15.1. The fraction of sp³-hybridized carbons (Fsp3) is 0.857. The van der Waals surface area contributed by atoms with E-state index in [1.165, 1.54) is 19.3 Å². The number of halogens is 1. The van der Waals surface area contributed by atoms with Crippen molar-refractivity contribution in [2.24, 2.45) is 10.7 Å². The molecule has 0 amide bonds. The molecule has 1 aliphatic carbocycles. The molecule has 3 N–H and O–H groups in total. The van der Waals surface area contributed by atoms with Gasteiger partial charge in [-0.15, -0.1) is 24.0 Å². The fourth-order valence-electron chi connectivity index (χ4n) is 2.16. The average molecular weight is 397 g/mol. The number of nitrogens with zero attached hydrogens (tertiary/aromatic N) is 1. The Morgan fingerprint density at radius 1 is 1.30 bits per heavy atom. The summed E-state index contributed by atoms with van der Waals surface area (Å²) in [5.41, 5.74) is 5.37. The van der Waals surface area contributed by atoms with E-state index in [4.69, 9.17) is 10.5 Å². The lowest BCUT2D eigenvalue weighted by Crippen LogP contribution is -2.41. The predicted molar refractivity (Wildman–Crippen MR) is 92.4 cm³/mol. The predicted octanol–water partition coefficient (Wildman–Crippen LogP) is 2.57. The number of rotatable bonds is 4. The van der Waals surface area contributed by atoms with E-state index in [0.29, 0.717) is 18.5 Å². The van der Waals surface area contributed by atoms with Crippen LogP contribution in [0, 0.1) is 0 Å². The van der Waals surface area contributed by atoms with Gasteiger partial charge in [-0.2, -0.15) is 0 Å². The summed E-state index contributed by atoms with van der Waals surface area (Å²) in [5.74, 6) is 0.206. The van der Waals surface area contributed by atoms with Crippen molar-refractivity contribution in [1.82, 2.24) is 5.32 Å². The van der Waals surface area contributed by atoms with Crippen molar-refractivity contribution in [2.75, 3.05) is 6.54 Å². The minimum Gasteiger partial charge on any atom is -0.460 e. The lowest BCUT2D eigenvalue weighted by atomic mass is 9.96. The highest BCUT2D eigenvalue weighted by Gasteiger charge is 2.16. The Hall–Kier alpha value is -0.530. The number of nitrogens with one attached hydrogen (secondary N) is 1. The van der Waals surface area contributed by atoms with Crippen molar-refractivity contribution >= 4 is 35.9 Å². The maximum absolute atomic E-state index is 11.5. The molecule has 0 aromatic carbocycles. The van der Waals surface area contributed by atoms with Gasteiger partial charge < -0.3 is 15.8 Å². The number of carbonyl (C=O) groups excluding carboxylic acids is 1. The molecule has 5 nitrogen and oxygen atoms in total. The van der Waals surface area contributed by atoms with Crippen molar-refractivity contribution in [3.8, 4) is 0 Å².